The van der Waals surface area contributed by atoms with Crippen molar-refractivity contribution in [1.29, 1.82) is 0 Å². The summed E-state index contributed by atoms with van der Waals surface area (Å²) in [5.74, 6) is 1.36. The number of benzene rings is 1. The maximum atomic E-state index is 5.55. The molecule has 2 aromatic heterocycles. The molecule has 0 amide bonds. The lowest BCUT2D eigenvalue weighted by atomic mass is 10.2. The predicted molar refractivity (Wildman–Crippen MR) is 86.8 cm³/mol. The van der Waals surface area contributed by atoms with E-state index in [2.05, 4.69) is 24.6 Å². The van der Waals surface area contributed by atoms with E-state index >= 15 is 0 Å². The molecule has 4 rings (SSSR count). The highest BCUT2D eigenvalue weighted by Gasteiger charge is 2.31. The third-order valence-corrected chi connectivity index (χ3v) is 5.02. The third kappa shape index (κ3) is 2.89. The summed E-state index contributed by atoms with van der Waals surface area (Å²) < 4.78 is 9.57. The molecule has 3 aromatic rings. The summed E-state index contributed by atoms with van der Waals surface area (Å²) >= 11 is 1.47. The lowest BCUT2D eigenvalue weighted by molar-refractivity contribution is 0.202. The molecular formula is C16H17N5OS. The average Bonchev–Trinajstić information content (AvgIpc) is 3.30. The van der Waals surface area contributed by atoms with Gasteiger partial charge in [-0.3, -0.25) is 4.90 Å². The zero-order chi connectivity index (χ0) is 15.6. The van der Waals surface area contributed by atoms with Crippen LogP contribution >= 0.6 is 11.5 Å². The van der Waals surface area contributed by atoms with Crippen LogP contribution in [0.1, 0.15) is 35.3 Å². The highest BCUT2D eigenvalue weighted by atomic mass is 32.1. The minimum Gasteiger partial charge on any atom is -0.337 e. The van der Waals surface area contributed by atoms with Crippen LogP contribution in [0, 0.1) is 6.92 Å². The van der Waals surface area contributed by atoms with Crippen molar-refractivity contribution in [3.05, 3.63) is 46.8 Å². The molecule has 1 aromatic carbocycles. The Kier molecular flexibility index (Phi) is 3.88. The second kappa shape index (κ2) is 6.17. The summed E-state index contributed by atoms with van der Waals surface area (Å²) in [5, 5.41) is 8.24. The standard InChI is InChI=1S/C16H17N5OS/c1-11-14(23-20-18-11)10-21-9-5-8-13(21)16-17-15(19-22-16)12-6-3-2-4-7-12/h2-4,6-7,13H,5,8-10H2,1H3/t13-/m0/s1. The van der Waals surface area contributed by atoms with Gasteiger partial charge in [0.15, 0.2) is 0 Å². The molecule has 0 aliphatic carbocycles. The van der Waals surface area contributed by atoms with Gasteiger partial charge in [0.2, 0.25) is 11.7 Å². The fourth-order valence-corrected chi connectivity index (χ4v) is 3.61. The number of likely N-dealkylation sites (tertiary alicyclic amines) is 1. The Bertz CT molecular complexity index is 785. The second-order valence-electron chi connectivity index (χ2n) is 5.73. The molecule has 0 N–H and O–H groups in total. The smallest absolute Gasteiger partial charge is 0.244 e. The van der Waals surface area contributed by atoms with Crippen molar-refractivity contribution in [3.63, 3.8) is 0 Å². The molecule has 1 fully saturated rings. The Hall–Kier alpha value is -2.12. The van der Waals surface area contributed by atoms with E-state index in [1.54, 1.807) is 0 Å². The molecule has 1 aliphatic heterocycles. The average molecular weight is 327 g/mol. The molecule has 0 unspecified atom stereocenters. The first kappa shape index (κ1) is 14.5. The predicted octanol–water partition coefficient (Wildman–Crippen LogP) is 3.23. The van der Waals surface area contributed by atoms with Crippen LogP contribution in [0.3, 0.4) is 0 Å². The van der Waals surface area contributed by atoms with E-state index in [1.165, 1.54) is 16.4 Å². The van der Waals surface area contributed by atoms with Gasteiger partial charge in [-0.1, -0.05) is 40.0 Å². The first-order chi connectivity index (χ1) is 11.3. The van der Waals surface area contributed by atoms with E-state index in [4.69, 9.17) is 4.52 Å². The van der Waals surface area contributed by atoms with Gasteiger partial charge in [0.05, 0.1) is 16.6 Å². The molecule has 118 valence electrons. The molecule has 0 radical (unpaired) electrons. The van der Waals surface area contributed by atoms with E-state index in [0.717, 1.165) is 37.2 Å². The topological polar surface area (TPSA) is 67.9 Å². The van der Waals surface area contributed by atoms with Crippen molar-refractivity contribution < 1.29 is 4.52 Å². The number of nitrogens with zero attached hydrogens (tertiary/aromatic N) is 5. The van der Waals surface area contributed by atoms with Gasteiger partial charge in [-0.05, 0) is 37.8 Å². The fraction of sp³-hybridized carbons (Fsp3) is 0.375. The van der Waals surface area contributed by atoms with E-state index in [9.17, 15) is 0 Å². The highest BCUT2D eigenvalue weighted by molar-refractivity contribution is 7.05. The van der Waals surface area contributed by atoms with Crippen LogP contribution in [0.25, 0.3) is 11.4 Å². The van der Waals surface area contributed by atoms with Gasteiger partial charge in [-0.15, -0.1) is 5.10 Å². The highest BCUT2D eigenvalue weighted by Crippen LogP contribution is 2.33. The number of hydrogen-bond acceptors (Lipinski definition) is 7. The molecule has 6 nitrogen and oxygen atoms in total. The van der Waals surface area contributed by atoms with Gasteiger partial charge in [-0.25, -0.2) is 0 Å². The van der Waals surface area contributed by atoms with Gasteiger partial charge in [0.25, 0.3) is 0 Å². The van der Waals surface area contributed by atoms with Crippen LogP contribution in [0.5, 0.6) is 0 Å². The quantitative estimate of drug-likeness (QED) is 0.733. The molecule has 0 spiro atoms. The van der Waals surface area contributed by atoms with Crippen molar-refractivity contribution in [1.82, 2.24) is 24.6 Å². The Labute approximate surface area is 138 Å². The molecule has 1 atom stereocenters. The number of rotatable bonds is 4. The molecule has 0 saturated carbocycles. The maximum Gasteiger partial charge on any atom is 0.244 e. The molecule has 1 aliphatic rings. The van der Waals surface area contributed by atoms with E-state index in [0.29, 0.717) is 11.7 Å². The Balaban J connectivity index is 1.55. The van der Waals surface area contributed by atoms with Gasteiger partial charge in [0.1, 0.15) is 0 Å². The van der Waals surface area contributed by atoms with Crippen LogP contribution in [0.4, 0.5) is 0 Å². The van der Waals surface area contributed by atoms with Gasteiger partial charge in [0, 0.05) is 12.1 Å². The van der Waals surface area contributed by atoms with Crippen LogP contribution in [-0.4, -0.2) is 31.2 Å². The zero-order valence-corrected chi connectivity index (χ0v) is 13.7. The summed E-state index contributed by atoms with van der Waals surface area (Å²) in [6.45, 7) is 3.88. The molecular weight excluding hydrogens is 310 g/mol. The molecule has 23 heavy (non-hydrogen) atoms. The second-order valence-corrected chi connectivity index (χ2v) is 6.57. The summed E-state index contributed by atoms with van der Waals surface area (Å²) in [6, 6.07) is 10.1. The van der Waals surface area contributed by atoms with Crippen LogP contribution in [0.15, 0.2) is 34.9 Å². The summed E-state index contributed by atoms with van der Waals surface area (Å²) in [6.07, 6.45) is 2.18. The first-order valence-electron chi connectivity index (χ1n) is 7.72. The zero-order valence-electron chi connectivity index (χ0n) is 12.8. The summed E-state index contributed by atoms with van der Waals surface area (Å²) in [5.41, 5.74) is 1.99. The first-order valence-corrected chi connectivity index (χ1v) is 8.49. The van der Waals surface area contributed by atoms with Gasteiger partial charge < -0.3 is 4.52 Å². The van der Waals surface area contributed by atoms with Crippen LogP contribution < -0.4 is 0 Å². The molecule has 7 heteroatoms. The van der Waals surface area contributed by atoms with Crippen molar-refractivity contribution in [3.8, 4) is 11.4 Å². The third-order valence-electron chi connectivity index (χ3n) is 4.21. The van der Waals surface area contributed by atoms with Gasteiger partial charge in [-0.2, -0.15) is 4.98 Å². The minimum atomic E-state index is 0.182. The van der Waals surface area contributed by atoms with Crippen molar-refractivity contribution in [2.24, 2.45) is 0 Å². The summed E-state index contributed by atoms with van der Waals surface area (Å²) in [4.78, 5) is 8.20. The van der Waals surface area contributed by atoms with Crippen LogP contribution in [0.2, 0.25) is 0 Å². The molecule has 1 saturated heterocycles. The SMILES string of the molecule is Cc1nnsc1CN1CCC[C@H]1c1nc(-c2ccccc2)no1. The van der Waals surface area contributed by atoms with E-state index < -0.39 is 0 Å². The molecule has 0 bridgehead atoms. The van der Waals surface area contributed by atoms with E-state index in [-0.39, 0.29) is 6.04 Å². The lowest BCUT2D eigenvalue weighted by Crippen LogP contribution is -2.22. The van der Waals surface area contributed by atoms with Crippen molar-refractivity contribution in [2.45, 2.75) is 32.4 Å². The number of aryl methyl sites for hydroxylation is 1. The fourth-order valence-electron chi connectivity index (χ4n) is 2.95. The Morgan fingerprint density at radius 1 is 1.30 bits per heavy atom. The minimum absolute atomic E-state index is 0.182. The number of hydrogen-bond donors (Lipinski definition) is 0. The van der Waals surface area contributed by atoms with Crippen molar-refractivity contribution >= 4 is 11.5 Å². The monoisotopic (exact) mass is 327 g/mol. The van der Waals surface area contributed by atoms with Crippen LogP contribution in [-0.2, 0) is 6.54 Å². The van der Waals surface area contributed by atoms with Gasteiger partial charge >= 0.3 is 0 Å². The van der Waals surface area contributed by atoms with E-state index in [1.807, 2.05) is 37.3 Å². The number of aromatic nitrogens is 4. The van der Waals surface area contributed by atoms with Crippen molar-refractivity contribution in [2.75, 3.05) is 6.54 Å². The normalized spacial score (nSPS) is 18.6. The Morgan fingerprint density at radius 2 is 2.17 bits per heavy atom. The maximum absolute atomic E-state index is 5.55. The largest absolute Gasteiger partial charge is 0.337 e. The molecule has 3 heterocycles. The summed E-state index contributed by atoms with van der Waals surface area (Å²) in [7, 11) is 0. The lowest BCUT2D eigenvalue weighted by Gasteiger charge is -2.20. The Morgan fingerprint density at radius 3 is 2.96 bits per heavy atom.